The van der Waals surface area contributed by atoms with Gasteiger partial charge >= 0.3 is 0 Å². The highest BCUT2D eigenvalue weighted by Gasteiger charge is 2.29. The molecule has 29 heavy (non-hydrogen) atoms. The molecule has 152 valence electrons. The van der Waals surface area contributed by atoms with Crippen LogP contribution in [0, 0.1) is 0 Å². The van der Waals surface area contributed by atoms with Crippen molar-refractivity contribution in [2.75, 3.05) is 6.61 Å². The summed E-state index contributed by atoms with van der Waals surface area (Å²) in [6.07, 6.45) is 0.383. The summed E-state index contributed by atoms with van der Waals surface area (Å²) in [5, 5.41) is 31.1. The summed E-state index contributed by atoms with van der Waals surface area (Å²) in [5.41, 5.74) is 2.83. The van der Waals surface area contributed by atoms with E-state index in [0.29, 0.717) is 29.3 Å². The summed E-state index contributed by atoms with van der Waals surface area (Å²) in [6.45, 7) is -0.105. The van der Waals surface area contributed by atoms with Gasteiger partial charge in [0.25, 0.3) is 0 Å². The Morgan fingerprint density at radius 3 is 2.62 bits per heavy atom. The molecule has 3 unspecified atom stereocenters. The van der Waals surface area contributed by atoms with E-state index in [0.717, 1.165) is 26.7 Å². The second-order valence-corrected chi connectivity index (χ2v) is 9.00. The summed E-state index contributed by atoms with van der Waals surface area (Å²) < 4.78 is 5.92. The molecule has 0 radical (unpaired) electrons. The molecule has 1 aliphatic rings. The molecule has 3 atom stereocenters. The van der Waals surface area contributed by atoms with Gasteiger partial charge in [0.15, 0.2) is 0 Å². The minimum atomic E-state index is -0.491. The molecule has 8 heteroatoms. The van der Waals surface area contributed by atoms with Crippen molar-refractivity contribution in [2.45, 2.75) is 37.6 Å². The average molecular weight is 451 g/mol. The summed E-state index contributed by atoms with van der Waals surface area (Å²) in [6, 6.07) is 13.2. The van der Waals surface area contributed by atoms with Crippen LogP contribution < -0.4 is 0 Å². The van der Waals surface area contributed by atoms with E-state index >= 15 is 0 Å². The first-order chi connectivity index (χ1) is 14.0. The van der Waals surface area contributed by atoms with Crippen molar-refractivity contribution in [3.8, 4) is 10.6 Å². The molecule has 3 aromatic rings. The van der Waals surface area contributed by atoms with E-state index in [1.807, 2.05) is 42.5 Å². The molecule has 1 aliphatic heterocycles. The van der Waals surface area contributed by atoms with Crippen LogP contribution in [0.2, 0.25) is 10.0 Å². The third-order valence-corrected chi connectivity index (χ3v) is 6.52. The van der Waals surface area contributed by atoms with Gasteiger partial charge in [-0.1, -0.05) is 58.8 Å². The fourth-order valence-electron chi connectivity index (χ4n) is 3.45. The van der Waals surface area contributed by atoms with Crippen molar-refractivity contribution in [1.29, 1.82) is 0 Å². The molecule has 0 aliphatic carbocycles. The minimum Gasteiger partial charge on any atom is -0.394 e. The van der Waals surface area contributed by atoms with Crippen molar-refractivity contribution >= 4 is 34.5 Å². The fourth-order valence-corrected chi connectivity index (χ4v) is 4.63. The monoisotopic (exact) mass is 450 g/mol. The third-order valence-electron chi connectivity index (χ3n) is 4.92. The number of rotatable bonds is 5. The molecule has 0 saturated carbocycles. The molecule has 5 nitrogen and oxygen atoms in total. The third kappa shape index (κ3) is 4.97. The van der Waals surface area contributed by atoms with Gasteiger partial charge in [-0.15, -0.1) is 10.2 Å². The van der Waals surface area contributed by atoms with E-state index in [9.17, 15) is 10.2 Å². The Bertz CT molecular complexity index is 980. The number of aliphatic hydroxyl groups excluding tert-OH is 2. The van der Waals surface area contributed by atoms with E-state index in [-0.39, 0.29) is 18.8 Å². The van der Waals surface area contributed by atoms with E-state index in [1.54, 1.807) is 0 Å². The average Bonchev–Trinajstić information content (AvgIpc) is 3.18. The molecule has 1 fully saturated rings. The fraction of sp³-hybridized carbons (Fsp3) is 0.333. The number of benzene rings is 2. The van der Waals surface area contributed by atoms with Gasteiger partial charge in [-0.3, -0.25) is 0 Å². The Hall–Kier alpha value is -1.54. The van der Waals surface area contributed by atoms with E-state index in [1.165, 1.54) is 11.3 Å². The van der Waals surface area contributed by atoms with Gasteiger partial charge in [0.1, 0.15) is 10.0 Å². The van der Waals surface area contributed by atoms with Crippen LogP contribution in [0.1, 0.15) is 35.1 Å². The number of nitrogens with zero attached hydrogens (tertiary/aromatic N) is 2. The lowest BCUT2D eigenvalue weighted by molar-refractivity contribution is -0.113. The van der Waals surface area contributed by atoms with Crippen LogP contribution in [0.4, 0.5) is 0 Å². The van der Waals surface area contributed by atoms with Crippen LogP contribution in [0.3, 0.4) is 0 Å². The Balaban J connectivity index is 1.53. The molecular formula is C21H20Cl2N2O3S. The van der Waals surface area contributed by atoms with Crippen molar-refractivity contribution in [3.05, 3.63) is 68.6 Å². The maximum atomic E-state index is 10.1. The number of hydrogen-bond donors (Lipinski definition) is 2. The van der Waals surface area contributed by atoms with Crippen LogP contribution >= 0.6 is 34.5 Å². The number of aliphatic hydroxyl groups is 2. The lowest BCUT2D eigenvalue weighted by atomic mass is 9.95. The predicted molar refractivity (Wildman–Crippen MR) is 115 cm³/mol. The molecule has 0 amide bonds. The first-order valence-corrected chi connectivity index (χ1v) is 10.9. The second-order valence-electron chi connectivity index (χ2n) is 7.09. The van der Waals surface area contributed by atoms with Crippen LogP contribution in [-0.2, 0) is 11.2 Å². The highest BCUT2D eigenvalue weighted by molar-refractivity contribution is 7.14. The molecule has 1 saturated heterocycles. The summed E-state index contributed by atoms with van der Waals surface area (Å²) in [4.78, 5) is 0. The van der Waals surface area contributed by atoms with Crippen molar-refractivity contribution in [2.24, 2.45) is 0 Å². The summed E-state index contributed by atoms with van der Waals surface area (Å²) in [5.74, 6) is 0. The number of aromatic nitrogens is 2. The van der Waals surface area contributed by atoms with Crippen LogP contribution in [0.5, 0.6) is 0 Å². The van der Waals surface area contributed by atoms with Crippen LogP contribution in [-0.4, -0.2) is 39.2 Å². The molecule has 2 heterocycles. The van der Waals surface area contributed by atoms with Gasteiger partial charge in [0.05, 0.1) is 24.9 Å². The Morgan fingerprint density at radius 1 is 1.07 bits per heavy atom. The standard InChI is InChI=1S/C21H20Cl2N2O3S/c22-15-4-1-12(2-5-15)21-25-24-20(29-21)8-14-7-13(3-6-18(14)23)19-10-16(27)9-17(11-26)28-19/h1-7,16-17,19,26-27H,8-11H2. The Labute approximate surface area is 182 Å². The van der Waals surface area contributed by atoms with Crippen molar-refractivity contribution < 1.29 is 14.9 Å². The van der Waals surface area contributed by atoms with Gasteiger partial charge in [-0.2, -0.15) is 0 Å². The van der Waals surface area contributed by atoms with E-state index in [2.05, 4.69) is 10.2 Å². The number of halogens is 2. The largest absolute Gasteiger partial charge is 0.394 e. The smallest absolute Gasteiger partial charge is 0.147 e. The van der Waals surface area contributed by atoms with Crippen molar-refractivity contribution in [3.63, 3.8) is 0 Å². The Morgan fingerprint density at radius 2 is 1.86 bits per heavy atom. The molecule has 2 N–H and O–H groups in total. The van der Waals surface area contributed by atoms with Crippen molar-refractivity contribution in [1.82, 2.24) is 10.2 Å². The lowest BCUT2D eigenvalue weighted by Gasteiger charge is -2.32. The molecule has 4 rings (SSSR count). The molecule has 2 aromatic carbocycles. The number of ether oxygens (including phenoxy) is 1. The first kappa shape index (κ1) is 20.7. The van der Waals surface area contributed by atoms with Gasteiger partial charge in [-0.25, -0.2) is 0 Å². The van der Waals surface area contributed by atoms with Gasteiger partial charge < -0.3 is 14.9 Å². The lowest BCUT2D eigenvalue weighted by Crippen LogP contribution is -2.33. The maximum absolute atomic E-state index is 10.1. The molecule has 0 spiro atoms. The zero-order valence-corrected chi connectivity index (χ0v) is 17.8. The Kier molecular flexibility index (Phi) is 6.49. The molecule has 1 aromatic heterocycles. The van der Waals surface area contributed by atoms with E-state index in [4.69, 9.17) is 27.9 Å². The molecular weight excluding hydrogens is 431 g/mol. The van der Waals surface area contributed by atoms with Crippen LogP contribution in [0.25, 0.3) is 10.6 Å². The predicted octanol–water partition coefficient (Wildman–Crippen LogP) is 4.68. The number of hydrogen-bond acceptors (Lipinski definition) is 6. The van der Waals surface area contributed by atoms with Gasteiger partial charge in [0.2, 0.25) is 0 Å². The highest BCUT2D eigenvalue weighted by atomic mass is 35.5. The topological polar surface area (TPSA) is 75.5 Å². The summed E-state index contributed by atoms with van der Waals surface area (Å²) >= 11 is 13.9. The van der Waals surface area contributed by atoms with E-state index < -0.39 is 6.10 Å². The highest BCUT2D eigenvalue weighted by Crippen LogP contribution is 2.34. The normalized spacial score (nSPS) is 22.0. The first-order valence-electron chi connectivity index (χ1n) is 9.33. The SMILES string of the molecule is OCC1CC(O)CC(c2ccc(Cl)c(Cc3nnc(-c4ccc(Cl)cc4)s3)c2)O1. The van der Waals surface area contributed by atoms with Gasteiger partial charge in [0, 0.05) is 34.9 Å². The van der Waals surface area contributed by atoms with Gasteiger partial charge in [-0.05, 0) is 29.3 Å². The summed E-state index contributed by atoms with van der Waals surface area (Å²) in [7, 11) is 0. The zero-order valence-electron chi connectivity index (χ0n) is 15.5. The minimum absolute atomic E-state index is 0.105. The zero-order chi connectivity index (χ0) is 20.4. The second kappa shape index (κ2) is 9.08. The van der Waals surface area contributed by atoms with Crippen LogP contribution in [0.15, 0.2) is 42.5 Å². The molecule has 0 bridgehead atoms. The maximum Gasteiger partial charge on any atom is 0.147 e. The quantitative estimate of drug-likeness (QED) is 0.590.